The lowest BCUT2D eigenvalue weighted by atomic mass is 10.0. The van der Waals surface area contributed by atoms with E-state index in [1.54, 1.807) is 30.3 Å². The van der Waals surface area contributed by atoms with Crippen LogP contribution < -0.4 is 5.32 Å². The summed E-state index contributed by atoms with van der Waals surface area (Å²) in [5.41, 5.74) is -0.463. The number of hydrogen-bond acceptors (Lipinski definition) is 4. The van der Waals surface area contributed by atoms with Gasteiger partial charge in [0.2, 0.25) is 10.0 Å². The highest BCUT2D eigenvalue weighted by Gasteiger charge is 2.28. The minimum Gasteiger partial charge on any atom is -0.379 e. The molecule has 0 saturated carbocycles. The van der Waals surface area contributed by atoms with Crippen LogP contribution in [0.3, 0.4) is 0 Å². The SMILES string of the molecule is O=C(Nc1c(F)cc(F)cc1-c1ccccc1)c1cc(S(=O)(=O)N2CCOCC2)ccc1F. The molecule has 0 unspecified atom stereocenters. The van der Waals surface area contributed by atoms with Gasteiger partial charge in [0.05, 0.1) is 29.4 Å². The molecule has 10 heteroatoms. The molecule has 1 heterocycles. The first-order valence-corrected chi connectivity index (χ1v) is 11.4. The van der Waals surface area contributed by atoms with Crippen molar-refractivity contribution in [3.63, 3.8) is 0 Å². The molecule has 33 heavy (non-hydrogen) atoms. The molecular formula is C23H19F3N2O4S. The molecule has 3 aromatic rings. The molecule has 0 aromatic heterocycles. The fraction of sp³-hybridized carbons (Fsp3) is 0.174. The van der Waals surface area contributed by atoms with Gasteiger partial charge in [0.15, 0.2) is 0 Å². The minimum atomic E-state index is -3.99. The molecule has 0 radical (unpaired) electrons. The summed E-state index contributed by atoms with van der Waals surface area (Å²) in [5.74, 6) is -3.97. The Labute approximate surface area is 188 Å². The monoisotopic (exact) mass is 476 g/mol. The average molecular weight is 476 g/mol. The van der Waals surface area contributed by atoms with Crippen LogP contribution in [-0.2, 0) is 14.8 Å². The smallest absolute Gasteiger partial charge is 0.258 e. The Morgan fingerprint density at radius 2 is 1.61 bits per heavy atom. The van der Waals surface area contributed by atoms with Crippen LogP contribution in [0.1, 0.15) is 10.4 Å². The fourth-order valence-corrected chi connectivity index (χ4v) is 4.94. The van der Waals surface area contributed by atoms with Crippen molar-refractivity contribution >= 4 is 21.6 Å². The summed E-state index contributed by atoms with van der Waals surface area (Å²) in [6, 6.07) is 12.7. The molecule has 0 aliphatic carbocycles. The van der Waals surface area contributed by atoms with Crippen molar-refractivity contribution in [2.24, 2.45) is 0 Å². The highest BCUT2D eigenvalue weighted by molar-refractivity contribution is 7.89. The molecule has 3 aromatic carbocycles. The second-order valence-electron chi connectivity index (χ2n) is 7.29. The summed E-state index contributed by atoms with van der Waals surface area (Å²) < 4.78 is 75.1. The van der Waals surface area contributed by atoms with Crippen LogP contribution in [0.15, 0.2) is 65.6 Å². The van der Waals surface area contributed by atoms with Gasteiger partial charge in [0, 0.05) is 24.7 Å². The first-order valence-electron chi connectivity index (χ1n) is 10.0. The van der Waals surface area contributed by atoms with Crippen LogP contribution in [0.2, 0.25) is 0 Å². The summed E-state index contributed by atoms with van der Waals surface area (Å²) in [6.45, 7) is 0.699. The molecule has 1 aliphatic rings. The Balaban J connectivity index is 1.70. The van der Waals surface area contributed by atoms with Crippen molar-refractivity contribution in [1.29, 1.82) is 0 Å². The maximum absolute atomic E-state index is 14.6. The van der Waals surface area contributed by atoms with Crippen molar-refractivity contribution in [3.05, 3.63) is 83.7 Å². The number of carbonyl (C=O) groups is 1. The predicted octanol–water partition coefficient (Wildman–Crippen LogP) is 4.04. The molecule has 172 valence electrons. The van der Waals surface area contributed by atoms with Gasteiger partial charge in [0.1, 0.15) is 17.5 Å². The number of anilines is 1. The van der Waals surface area contributed by atoms with E-state index in [-0.39, 0.29) is 42.4 Å². The number of amides is 1. The van der Waals surface area contributed by atoms with Gasteiger partial charge in [-0.15, -0.1) is 0 Å². The van der Waals surface area contributed by atoms with E-state index in [4.69, 9.17) is 4.74 Å². The molecule has 4 rings (SSSR count). The van der Waals surface area contributed by atoms with Crippen LogP contribution >= 0.6 is 0 Å². The number of rotatable bonds is 5. The largest absolute Gasteiger partial charge is 0.379 e. The van der Waals surface area contributed by atoms with E-state index in [2.05, 4.69) is 5.32 Å². The third-order valence-corrected chi connectivity index (χ3v) is 7.06. The topological polar surface area (TPSA) is 75.7 Å². The van der Waals surface area contributed by atoms with Gasteiger partial charge in [0.25, 0.3) is 5.91 Å². The third-order valence-electron chi connectivity index (χ3n) is 5.17. The van der Waals surface area contributed by atoms with Gasteiger partial charge >= 0.3 is 0 Å². The Kier molecular flexibility index (Phi) is 6.50. The van der Waals surface area contributed by atoms with Gasteiger partial charge in [-0.25, -0.2) is 21.6 Å². The van der Waals surface area contributed by atoms with Gasteiger partial charge in [-0.05, 0) is 29.8 Å². The Bertz CT molecular complexity index is 1290. The van der Waals surface area contributed by atoms with E-state index in [0.29, 0.717) is 11.6 Å². The standard InChI is InChI=1S/C23H19F3N2O4S/c24-16-12-18(15-4-2-1-3-5-15)22(21(26)13-16)27-23(29)19-14-17(6-7-20(19)25)33(30,31)28-8-10-32-11-9-28/h1-7,12-14H,8-11H2,(H,27,29). The van der Waals surface area contributed by atoms with Gasteiger partial charge < -0.3 is 10.1 Å². The molecule has 1 amide bonds. The minimum absolute atomic E-state index is 0.0546. The molecule has 1 fully saturated rings. The lowest BCUT2D eigenvalue weighted by Crippen LogP contribution is -2.40. The lowest BCUT2D eigenvalue weighted by molar-refractivity contribution is 0.0730. The summed E-state index contributed by atoms with van der Waals surface area (Å²) in [7, 11) is -3.99. The predicted molar refractivity (Wildman–Crippen MR) is 116 cm³/mol. The number of hydrogen-bond donors (Lipinski definition) is 1. The average Bonchev–Trinajstić information content (AvgIpc) is 2.81. The van der Waals surface area contributed by atoms with Gasteiger partial charge in [-0.1, -0.05) is 30.3 Å². The van der Waals surface area contributed by atoms with Crippen LogP contribution in [0, 0.1) is 17.5 Å². The van der Waals surface area contributed by atoms with E-state index in [1.807, 2.05) is 0 Å². The second-order valence-corrected chi connectivity index (χ2v) is 9.23. The van der Waals surface area contributed by atoms with Gasteiger partial charge in [-0.3, -0.25) is 4.79 Å². The molecule has 0 atom stereocenters. The molecule has 1 N–H and O–H groups in total. The Morgan fingerprint density at radius 1 is 0.909 bits per heavy atom. The quantitative estimate of drug-likeness (QED) is 0.603. The third kappa shape index (κ3) is 4.77. The first kappa shape index (κ1) is 23.0. The van der Waals surface area contributed by atoms with Crippen LogP contribution in [0.25, 0.3) is 11.1 Å². The van der Waals surface area contributed by atoms with Crippen molar-refractivity contribution < 1.29 is 31.1 Å². The number of ether oxygens (including phenoxy) is 1. The van der Waals surface area contributed by atoms with E-state index in [1.165, 1.54) is 4.31 Å². The normalized spacial score (nSPS) is 14.8. The zero-order valence-electron chi connectivity index (χ0n) is 17.2. The van der Waals surface area contributed by atoms with Gasteiger partial charge in [-0.2, -0.15) is 4.31 Å². The van der Waals surface area contributed by atoms with Crippen molar-refractivity contribution in [2.75, 3.05) is 31.6 Å². The Hall–Kier alpha value is -3.21. The van der Waals surface area contributed by atoms with E-state index in [0.717, 1.165) is 24.3 Å². The number of nitrogens with one attached hydrogen (secondary N) is 1. The number of benzene rings is 3. The first-order chi connectivity index (χ1) is 15.8. The van der Waals surface area contributed by atoms with Crippen LogP contribution in [0.5, 0.6) is 0 Å². The maximum Gasteiger partial charge on any atom is 0.258 e. The Morgan fingerprint density at radius 3 is 2.30 bits per heavy atom. The second kappa shape index (κ2) is 9.34. The number of nitrogens with zero attached hydrogens (tertiary/aromatic N) is 1. The fourth-order valence-electron chi connectivity index (χ4n) is 3.50. The van der Waals surface area contributed by atoms with Crippen molar-refractivity contribution in [1.82, 2.24) is 4.31 Å². The molecular weight excluding hydrogens is 457 g/mol. The highest BCUT2D eigenvalue weighted by Crippen LogP contribution is 2.32. The highest BCUT2D eigenvalue weighted by atomic mass is 32.2. The number of halogens is 3. The van der Waals surface area contributed by atoms with E-state index >= 15 is 0 Å². The molecule has 1 saturated heterocycles. The molecule has 0 spiro atoms. The molecule has 6 nitrogen and oxygen atoms in total. The summed E-state index contributed by atoms with van der Waals surface area (Å²) in [4.78, 5) is 12.6. The van der Waals surface area contributed by atoms with E-state index in [9.17, 15) is 26.4 Å². The van der Waals surface area contributed by atoms with Crippen molar-refractivity contribution in [2.45, 2.75) is 4.90 Å². The number of morpholine rings is 1. The van der Waals surface area contributed by atoms with Crippen molar-refractivity contribution in [3.8, 4) is 11.1 Å². The van der Waals surface area contributed by atoms with Crippen LogP contribution in [-0.4, -0.2) is 44.9 Å². The maximum atomic E-state index is 14.6. The zero-order chi connectivity index (χ0) is 23.6. The number of carbonyl (C=O) groups excluding carboxylic acids is 1. The summed E-state index contributed by atoms with van der Waals surface area (Å²) in [5, 5.41) is 2.27. The zero-order valence-corrected chi connectivity index (χ0v) is 18.0. The lowest BCUT2D eigenvalue weighted by Gasteiger charge is -2.26. The summed E-state index contributed by atoms with van der Waals surface area (Å²) in [6.07, 6.45) is 0. The summed E-state index contributed by atoms with van der Waals surface area (Å²) >= 11 is 0. The van der Waals surface area contributed by atoms with E-state index < -0.39 is 38.9 Å². The number of sulfonamides is 1. The van der Waals surface area contributed by atoms with Crippen LogP contribution in [0.4, 0.5) is 18.9 Å². The molecule has 0 bridgehead atoms. The molecule has 1 aliphatic heterocycles.